The second-order valence-corrected chi connectivity index (χ2v) is 9.33. The molecule has 2 aliphatic heterocycles. The zero-order valence-corrected chi connectivity index (χ0v) is 19.8. The molecule has 0 saturated carbocycles. The fourth-order valence-corrected chi connectivity index (χ4v) is 5.01. The molecule has 0 spiro atoms. The summed E-state index contributed by atoms with van der Waals surface area (Å²) in [6, 6.07) is 12.7. The summed E-state index contributed by atoms with van der Waals surface area (Å²) in [4.78, 5) is 11.9. The van der Waals surface area contributed by atoms with Crippen molar-refractivity contribution in [2.75, 3.05) is 49.7 Å². The van der Waals surface area contributed by atoms with Crippen LogP contribution in [0.15, 0.2) is 42.6 Å². The highest BCUT2D eigenvalue weighted by atomic mass is 16.5. The van der Waals surface area contributed by atoms with Crippen molar-refractivity contribution in [2.45, 2.75) is 31.7 Å². The molecule has 8 heteroatoms. The molecule has 1 aromatic heterocycles. The number of nitrogens with one attached hydrogen (secondary N) is 1. The summed E-state index contributed by atoms with van der Waals surface area (Å²) in [5.74, 6) is 2.21. The fourth-order valence-electron chi connectivity index (χ4n) is 5.01. The van der Waals surface area contributed by atoms with Crippen molar-refractivity contribution in [3.05, 3.63) is 53.7 Å². The quantitative estimate of drug-likeness (QED) is 0.553. The van der Waals surface area contributed by atoms with Gasteiger partial charge in [0.15, 0.2) is 0 Å². The van der Waals surface area contributed by atoms with Crippen molar-refractivity contribution >= 4 is 17.3 Å². The molecule has 3 aliphatic rings. The van der Waals surface area contributed by atoms with E-state index in [1.54, 1.807) is 0 Å². The Hall–Kier alpha value is -3.36. The molecule has 8 nitrogen and oxygen atoms in total. The van der Waals surface area contributed by atoms with Crippen LogP contribution in [0.4, 0.5) is 17.3 Å². The Labute approximate surface area is 205 Å². The van der Waals surface area contributed by atoms with E-state index in [4.69, 9.17) is 24.9 Å². The minimum atomic E-state index is 0.275. The predicted molar refractivity (Wildman–Crippen MR) is 136 cm³/mol. The van der Waals surface area contributed by atoms with Gasteiger partial charge in [0.2, 0.25) is 5.95 Å². The third-order valence-corrected chi connectivity index (χ3v) is 6.94. The van der Waals surface area contributed by atoms with Gasteiger partial charge in [-0.15, -0.1) is 0 Å². The van der Waals surface area contributed by atoms with Crippen LogP contribution in [0.1, 0.15) is 24.0 Å². The number of anilines is 3. The first-order valence-electron chi connectivity index (χ1n) is 12.5. The van der Waals surface area contributed by atoms with E-state index in [9.17, 15) is 0 Å². The summed E-state index contributed by atoms with van der Waals surface area (Å²) in [6.45, 7) is 3.78. The summed E-state index contributed by atoms with van der Waals surface area (Å²) < 4.78 is 17.9. The molecular formula is C27H31N5O3. The van der Waals surface area contributed by atoms with Crippen LogP contribution >= 0.6 is 0 Å². The van der Waals surface area contributed by atoms with Gasteiger partial charge in [-0.05, 0) is 61.1 Å². The SMILES string of the molecule is NC1CCN(c2ccc3cc2OCCOCCOc2ccc4c(c2)-c2nc(ncc2CC4)N3)CC1. The van der Waals surface area contributed by atoms with Crippen molar-refractivity contribution in [1.29, 1.82) is 0 Å². The number of aromatic nitrogens is 2. The Morgan fingerprint density at radius 2 is 1.74 bits per heavy atom. The summed E-state index contributed by atoms with van der Waals surface area (Å²) in [6.07, 6.45) is 5.81. The van der Waals surface area contributed by atoms with Gasteiger partial charge in [-0.2, -0.15) is 0 Å². The summed E-state index contributed by atoms with van der Waals surface area (Å²) in [7, 11) is 0. The van der Waals surface area contributed by atoms with Crippen molar-refractivity contribution in [1.82, 2.24) is 9.97 Å². The molecule has 3 N–H and O–H groups in total. The first-order chi connectivity index (χ1) is 17.2. The first kappa shape index (κ1) is 22.1. The third kappa shape index (κ3) is 4.76. The lowest BCUT2D eigenvalue weighted by Crippen LogP contribution is -2.39. The van der Waals surface area contributed by atoms with E-state index in [1.165, 1.54) is 5.56 Å². The average Bonchev–Trinajstić information content (AvgIpc) is 2.88. The maximum Gasteiger partial charge on any atom is 0.227 e. The Morgan fingerprint density at radius 3 is 2.63 bits per heavy atom. The second kappa shape index (κ2) is 9.71. The van der Waals surface area contributed by atoms with Gasteiger partial charge in [-0.25, -0.2) is 9.97 Å². The highest BCUT2D eigenvalue weighted by molar-refractivity contribution is 5.73. The van der Waals surface area contributed by atoms with Gasteiger partial charge in [-0.1, -0.05) is 6.07 Å². The molecule has 0 radical (unpaired) electrons. The third-order valence-electron chi connectivity index (χ3n) is 6.94. The minimum Gasteiger partial charge on any atom is -0.491 e. The van der Waals surface area contributed by atoms with Crippen molar-refractivity contribution in [3.8, 4) is 22.8 Å². The zero-order chi connectivity index (χ0) is 23.6. The van der Waals surface area contributed by atoms with E-state index in [0.29, 0.717) is 32.4 Å². The number of benzene rings is 2. The average molecular weight is 474 g/mol. The van der Waals surface area contributed by atoms with Crippen LogP contribution in [-0.2, 0) is 17.6 Å². The fraction of sp³-hybridized carbons (Fsp3) is 0.407. The van der Waals surface area contributed by atoms with Crippen molar-refractivity contribution in [3.63, 3.8) is 0 Å². The lowest BCUT2D eigenvalue weighted by Gasteiger charge is -2.33. The number of fused-ring (bicyclic) bond motifs is 4. The van der Waals surface area contributed by atoms with Crippen molar-refractivity contribution in [2.24, 2.45) is 5.73 Å². The first-order valence-corrected chi connectivity index (χ1v) is 12.5. The zero-order valence-electron chi connectivity index (χ0n) is 19.8. The molecule has 1 saturated heterocycles. The Kier molecular flexibility index (Phi) is 6.14. The normalized spacial score (nSPS) is 18.3. The molecule has 6 bridgehead atoms. The highest BCUT2D eigenvalue weighted by Crippen LogP contribution is 2.37. The van der Waals surface area contributed by atoms with Crippen LogP contribution in [-0.4, -0.2) is 55.5 Å². The molecule has 3 heterocycles. The largest absolute Gasteiger partial charge is 0.491 e. The lowest BCUT2D eigenvalue weighted by molar-refractivity contribution is 0.0765. The van der Waals surface area contributed by atoms with Crippen LogP contribution < -0.4 is 25.4 Å². The van der Waals surface area contributed by atoms with E-state index in [0.717, 1.165) is 78.5 Å². The molecule has 1 fully saturated rings. The number of hydrogen-bond acceptors (Lipinski definition) is 8. The van der Waals surface area contributed by atoms with Gasteiger partial charge in [0, 0.05) is 42.6 Å². The van der Waals surface area contributed by atoms with E-state index in [1.807, 2.05) is 18.3 Å². The summed E-state index contributed by atoms with van der Waals surface area (Å²) in [5.41, 5.74) is 12.6. The highest BCUT2D eigenvalue weighted by Gasteiger charge is 2.22. The minimum absolute atomic E-state index is 0.275. The molecule has 182 valence electrons. The van der Waals surface area contributed by atoms with E-state index < -0.39 is 0 Å². The Bertz CT molecular complexity index is 1210. The van der Waals surface area contributed by atoms with Crippen LogP contribution in [0.5, 0.6) is 11.5 Å². The number of piperidine rings is 1. The van der Waals surface area contributed by atoms with E-state index in [-0.39, 0.29) is 6.04 Å². The summed E-state index contributed by atoms with van der Waals surface area (Å²) >= 11 is 0. The molecule has 3 aromatic rings. The topological polar surface area (TPSA) is 94.8 Å². The maximum atomic E-state index is 6.20. The molecule has 0 amide bonds. The van der Waals surface area contributed by atoms with Gasteiger partial charge < -0.3 is 30.2 Å². The molecular weight excluding hydrogens is 442 g/mol. The second-order valence-electron chi connectivity index (χ2n) is 9.33. The smallest absolute Gasteiger partial charge is 0.227 e. The number of rotatable bonds is 1. The van der Waals surface area contributed by atoms with Gasteiger partial charge in [0.25, 0.3) is 0 Å². The van der Waals surface area contributed by atoms with Crippen LogP contribution in [0.2, 0.25) is 0 Å². The maximum absolute atomic E-state index is 6.20. The van der Waals surface area contributed by atoms with Crippen molar-refractivity contribution < 1.29 is 14.2 Å². The monoisotopic (exact) mass is 473 g/mol. The van der Waals surface area contributed by atoms with Crippen LogP contribution in [0.3, 0.4) is 0 Å². The lowest BCUT2D eigenvalue weighted by atomic mass is 9.90. The molecule has 0 unspecified atom stereocenters. The standard InChI is InChI=1S/C27H31N5O3/c28-20-7-9-32(10-8-20)24-6-4-21-15-25(24)35-14-12-33-11-13-34-22-5-3-18-1-2-19-17-29-27(30-21)31-26(19)23(18)16-22/h3-6,15-17,20H,1-2,7-14,28H2,(H,29,30,31). The number of nitrogens with zero attached hydrogens (tertiary/aromatic N) is 3. The Morgan fingerprint density at radius 1 is 0.914 bits per heavy atom. The van der Waals surface area contributed by atoms with Gasteiger partial charge in [-0.3, -0.25) is 0 Å². The molecule has 35 heavy (non-hydrogen) atoms. The molecule has 2 aromatic carbocycles. The number of hydrogen-bond donors (Lipinski definition) is 2. The van der Waals surface area contributed by atoms with Crippen LogP contribution in [0, 0.1) is 0 Å². The van der Waals surface area contributed by atoms with Crippen LogP contribution in [0.25, 0.3) is 11.3 Å². The number of aryl methyl sites for hydroxylation is 2. The number of ether oxygens (including phenoxy) is 3. The molecule has 1 aliphatic carbocycles. The molecule has 0 atom stereocenters. The predicted octanol–water partition coefficient (Wildman–Crippen LogP) is 3.70. The van der Waals surface area contributed by atoms with Gasteiger partial charge in [0.05, 0.1) is 24.6 Å². The molecule has 6 rings (SSSR count). The Balaban J connectivity index is 1.35. The van der Waals surface area contributed by atoms with Gasteiger partial charge >= 0.3 is 0 Å². The van der Waals surface area contributed by atoms with E-state index in [2.05, 4.69) is 39.5 Å². The van der Waals surface area contributed by atoms with Gasteiger partial charge in [0.1, 0.15) is 24.7 Å². The van der Waals surface area contributed by atoms with E-state index >= 15 is 0 Å². The summed E-state index contributed by atoms with van der Waals surface area (Å²) in [5, 5.41) is 3.39. The number of nitrogens with two attached hydrogens (primary N) is 1.